The first-order chi connectivity index (χ1) is 9.21. The molecule has 0 aliphatic carbocycles. The van der Waals surface area contributed by atoms with E-state index in [1.54, 1.807) is 28.7 Å². The van der Waals surface area contributed by atoms with Crippen LogP contribution >= 0.6 is 57.4 Å². The maximum Gasteiger partial charge on any atom is 0.417 e. The van der Waals surface area contributed by atoms with Crippen LogP contribution in [0.25, 0.3) is 11.1 Å². The first-order valence-electron chi connectivity index (χ1n) is 5.22. The lowest BCUT2D eigenvalue weighted by atomic mass is 10.0. The van der Waals surface area contributed by atoms with Crippen molar-refractivity contribution in [3.05, 3.63) is 54.5 Å². The zero-order chi connectivity index (χ0) is 15.1. The molecule has 0 saturated carbocycles. The van der Waals surface area contributed by atoms with Gasteiger partial charge in [-0.3, -0.25) is 0 Å². The predicted molar refractivity (Wildman–Crippen MR) is 84.6 cm³/mol. The molecule has 0 fully saturated rings. The summed E-state index contributed by atoms with van der Waals surface area (Å²) in [7, 11) is 0. The Labute approximate surface area is 142 Å². The van der Waals surface area contributed by atoms with Crippen LogP contribution in [-0.4, -0.2) is 0 Å². The second-order valence-electron chi connectivity index (χ2n) is 3.91. The first kappa shape index (κ1) is 16.2. The van der Waals surface area contributed by atoms with Crippen LogP contribution in [-0.2, 0) is 6.18 Å². The molecule has 0 amide bonds. The average molecular weight is 451 g/mol. The highest BCUT2D eigenvalue weighted by Crippen LogP contribution is 2.41. The van der Waals surface area contributed by atoms with Crippen molar-refractivity contribution in [1.82, 2.24) is 0 Å². The zero-order valence-electron chi connectivity index (χ0n) is 9.53. The minimum Gasteiger partial charge on any atom is -0.166 e. The molecule has 0 aliphatic rings. The van der Waals surface area contributed by atoms with Crippen molar-refractivity contribution in [3.8, 4) is 11.1 Å². The smallest absolute Gasteiger partial charge is 0.166 e. The fraction of sp³-hybridized carbons (Fsp3) is 0.0769. The van der Waals surface area contributed by atoms with Gasteiger partial charge in [-0.2, -0.15) is 13.2 Å². The molecule has 7 heteroatoms. The van der Waals surface area contributed by atoms with Gasteiger partial charge in [0.25, 0.3) is 0 Å². The highest BCUT2D eigenvalue weighted by Gasteiger charge is 2.33. The van der Waals surface area contributed by atoms with Crippen LogP contribution in [0.15, 0.2) is 30.3 Å². The summed E-state index contributed by atoms with van der Waals surface area (Å²) in [4.78, 5) is 0. The molecular formula is C13H5Cl3F3I. The van der Waals surface area contributed by atoms with Crippen LogP contribution in [0.3, 0.4) is 0 Å². The third-order valence-corrected chi connectivity index (χ3v) is 4.80. The van der Waals surface area contributed by atoms with Crippen molar-refractivity contribution in [3.63, 3.8) is 0 Å². The van der Waals surface area contributed by atoms with Crippen molar-refractivity contribution >= 4 is 57.4 Å². The van der Waals surface area contributed by atoms with E-state index >= 15 is 0 Å². The van der Waals surface area contributed by atoms with Gasteiger partial charge >= 0.3 is 6.18 Å². The quantitative estimate of drug-likeness (QED) is 0.326. The fourth-order valence-electron chi connectivity index (χ4n) is 1.69. The van der Waals surface area contributed by atoms with E-state index < -0.39 is 11.7 Å². The summed E-state index contributed by atoms with van der Waals surface area (Å²) < 4.78 is 38.8. The molecule has 0 N–H and O–H groups in total. The van der Waals surface area contributed by atoms with Gasteiger partial charge in [0.05, 0.1) is 20.6 Å². The zero-order valence-corrected chi connectivity index (χ0v) is 14.0. The third kappa shape index (κ3) is 3.18. The van der Waals surface area contributed by atoms with Gasteiger partial charge in [0, 0.05) is 9.13 Å². The molecule has 0 radical (unpaired) electrons. The number of rotatable bonds is 1. The van der Waals surface area contributed by atoms with Gasteiger partial charge < -0.3 is 0 Å². The van der Waals surface area contributed by atoms with Crippen LogP contribution in [0, 0.1) is 3.57 Å². The standard InChI is InChI=1S/C13H5Cl3F3I/c14-9-5-11(16)10(15)4-7(9)6-2-1-3-8(12(6)20)13(17,18)19/h1-5H. The summed E-state index contributed by atoms with van der Waals surface area (Å²) >= 11 is 19.4. The Morgan fingerprint density at radius 3 is 2.05 bits per heavy atom. The first-order valence-corrected chi connectivity index (χ1v) is 7.43. The van der Waals surface area contributed by atoms with Gasteiger partial charge in [-0.15, -0.1) is 0 Å². The minimum absolute atomic E-state index is 0.0675. The Bertz CT molecular complexity index is 669. The van der Waals surface area contributed by atoms with Crippen molar-refractivity contribution < 1.29 is 13.2 Å². The van der Waals surface area contributed by atoms with Gasteiger partial charge in [-0.25, -0.2) is 0 Å². The van der Waals surface area contributed by atoms with E-state index in [4.69, 9.17) is 34.8 Å². The number of hydrogen-bond donors (Lipinski definition) is 0. The van der Waals surface area contributed by atoms with E-state index in [0.29, 0.717) is 11.1 Å². The second-order valence-corrected chi connectivity index (χ2v) is 6.21. The molecule has 2 aromatic carbocycles. The molecular weight excluding hydrogens is 446 g/mol. The molecule has 0 nitrogen and oxygen atoms in total. The van der Waals surface area contributed by atoms with Crippen LogP contribution in [0.2, 0.25) is 15.1 Å². The number of alkyl halides is 3. The van der Waals surface area contributed by atoms with Gasteiger partial charge in [-0.05, 0) is 46.4 Å². The molecule has 0 aromatic heterocycles. The van der Waals surface area contributed by atoms with Crippen LogP contribution in [0.1, 0.15) is 5.56 Å². The Morgan fingerprint density at radius 1 is 0.850 bits per heavy atom. The molecule has 2 rings (SSSR count). The molecule has 2 aromatic rings. The average Bonchev–Trinajstić information content (AvgIpc) is 2.33. The number of benzene rings is 2. The number of halogens is 7. The second kappa shape index (κ2) is 5.91. The summed E-state index contributed by atoms with van der Waals surface area (Å²) in [6.07, 6.45) is -4.42. The minimum atomic E-state index is -4.42. The topological polar surface area (TPSA) is 0 Å². The van der Waals surface area contributed by atoms with Gasteiger partial charge in [0.2, 0.25) is 0 Å². The molecule has 0 aliphatic heterocycles. The van der Waals surface area contributed by atoms with E-state index in [1.165, 1.54) is 18.2 Å². The Balaban J connectivity index is 2.69. The molecule has 0 bridgehead atoms. The van der Waals surface area contributed by atoms with Gasteiger partial charge in [0.15, 0.2) is 0 Å². The molecule has 20 heavy (non-hydrogen) atoms. The lowest BCUT2D eigenvalue weighted by molar-refractivity contribution is -0.138. The monoisotopic (exact) mass is 450 g/mol. The summed E-state index contributed by atoms with van der Waals surface area (Å²) in [6.45, 7) is 0. The van der Waals surface area contributed by atoms with Gasteiger partial charge in [0.1, 0.15) is 0 Å². The summed E-state index contributed by atoms with van der Waals surface area (Å²) in [5.41, 5.74) is 0.0679. The van der Waals surface area contributed by atoms with Crippen LogP contribution in [0.5, 0.6) is 0 Å². The fourth-order valence-corrected chi connectivity index (χ4v) is 3.29. The van der Waals surface area contributed by atoms with Gasteiger partial charge in [-0.1, -0.05) is 46.9 Å². The molecule has 0 atom stereocenters. The maximum absolute atomic E-state index is 12.9. The summed E-state index contributed by atoms with van der Waals surface area (Å²) in [5.74, 6) is 0. The lowest BCUT2D eigenvalue weighted by Gasteiger charge is -2.14. The van der Waals surface area contributed by atoms with Crippen molar-refractivity contribution in [2.24, 2.45) is 0 Å². The van der Waals surface area contributed by atoms with E-state index in [0.717, 1.165) is 6.07 Å². The highest BCUT2D eigenvalue weighted by atomic mass is 127. The summed E-state index contributed by atoms with van der Waals surface area (Å²) in [6, 6.07) is 6.79. The lowest BCUT2D eigenvalue weighted by Crippen LogP contribution is -2.08. The SMILES string of the molecule is FC(F)(F)c1cccc(-c2cc(Cl)c(Cl)cc2Cl)c1I. The summed E-state index contributed by atoms with van der Waals surface area (Å²) in [5, 5.41) is 0.735. The van der Waals surface area contributed by atoms with E-state index in [-0.39, 0.29) is 18.6 Å². The van der Waals surface area contributed by atoms with E-state index in [1.807, 2.05) is 0 Å². The van der Waals surface area contributed by atoms with Crippen molar-refractivity contribution in [1.29, 1.82) is 0 Å². The van der Waals surface area contributed by atoms with Crippen LogP contribution in [0.4, 0.5) is 13.2 Å². The third-order valence-electron chi connectivity index (χ3n) is 2.60. The predicted octanol–water partition coefficient (Wildman–Crippen LogP) is 6.94. The normalized spacial score (nSPS) is 11.8. The molecule has 0 saturated heterocycles. The Hall–Kier alpha value is -0.170. The Morgan fingerprint density at radius 2 is 1.45 bits per heavy atom. The molecule has 106 valence electrons. The van der Waals surface area contributed by atoms with Crippen molar-refractivity contribution in [2.45, 2.75) is 6.18 Å². The molecule has 0 heterocycles. The maximum atomic E-state index is 12.9. The largest absolute Gasteiger partial charge is 0.417 e. The van der Waals surface area contributed by atoms with Crippen LogP contribution < -0.4 is 0 Å². The Kier molecular flexibility index (Phi) is 4.79. The molecule has 0 spiro atoms. The highest BCUT2D eigenvalue weighted by molar-refractivity contribution is 14.1. The molecule has 0 unspecified atom stereocenters. The number of hydrogen-bond acceptors (Lipinski definition) is 0. The van der Waals surface area contributed by atoms with Crippen molar-refractivity contribution in [2.75, 3.05) is 0 Å². The van der Waals surface area contributed by atoms with E-state index in [9.17, 15) is 13.2 Å². The van der Waals surface area contributed by atoms with E-state index in [2.05, 4.69) is 0 Å².